The number of benzene rings is 1. The standard InChI is InChI=1S/C17H19N3O3/c1-11-4-6-14(7-5-11)19-16(22)10-20(3)17(23)15-8-13(9-18-15)12(2)21/h4-9,18H,10H2,1-3H3,(H,19,22). The molecule has 0 saturated carbocycles. The van der Waals surface area contributed by atoms with E-state index in [-0.39, 0.29) is 29.8 Å². The number of ketones is 1. The lowest BCUT2D eigenvalue weighted by atomic mass is 10.2. The van der Waals surface area contributed by atoms with Gasteiger partial charge in [0.1, 0.15) is 5.69 Å². The zero-order chi connectivity index (χ0) is 17.0. The van der Waals surface area contributed by atoms with Gasteiger partial charge in [-0.2, -0.15) is 0 Å². The quantitative estimate of drug-likeness (QED) is 0.831. The maximum absolute atomic E-state index is 12.2. The number of aromatic nitrogens is 1. The smallest absolute Gasteiger partial charge is 0.270 e. The van der Waals surface area contributed by atoms with Gasteiger partial charge in [-0.25, -0.2) is 0 Å². The summed E-state index contributed by atoms with van der Waals surface area (Å²) >= 11 is 0. The monoisotopic (exact) mass is 313 g/mol. The number of hydrogen-bond acceptors (Lipinski definition) is 3. The van der Waals surface area contributed by atoms with Gasteiger partial charge in [-0.1, -0.05) is 17.7 Å². The van der Waals surface area contributed by atoms with Crippen molar-refractivity contribution in [3.63, 3.8) is 0 Å². The Morgan fingerprint density at radius 1 is 1.17 bits per heavy atom. The van der Waals surface area contributed by atoms with E-state index in [0.29, 0.717) is 11.3 Å². The molecule has 23 heavy (non-hydrogen) atoms. The second-order valence-corrected chi connectivity index (χ2v) is 5.43. The average molecular weight is 313 g/mol. The number of nitrogens with one attached hydrogen (secondary N) is 2. The average Bonchev–Trinajstić information content (AvgIpc) is 2.98. The minimum Gasteiger partial charge on any atom is -0.356 e. The van der Waals surface area contributed by atoms with Gasteiger partial charge in [-0.05, 0) is 32.0 Å². The highest BCUT2D eigenvalue weighted by Crippen LogP contribution is 2.10. The molecule has 1 aromatic carbocycles. The Morgan fingerprint density at radius 3 is 2.39 bits per heavy atom. The van der Waals surface area contributed by atoms with Gasteiger partial charge in [-0.3, -0.25) is 14.4 Å². The Bertz CT molecular complexity index is 732. The second kappa shape index (κ2) is 6.91. The molecule has 120 valence electrons. The normalized spacial score (nSPS) is 10.2. The lowest BCUT2D eigenvalue weighted by molar-refractivity contribution is -0.116. The van der Waals surface area contributed by atoms with Crippen molar-refractivity contribution in [1.29, 1.82) is 0 Å². The number of H-pyrrole nitrogens is 1. The Morgan fingerprint density at radius 2 is 1.83 bits per heavy atom. The highest BCUT2D eigenvalue weighted by Gasteiger charge is 2.17. The number of nitrogens with zero attached hydrogens (tertiary/aromatic N) is 1. The van der Waals surface area contributed by atoms with Crippen molar-refractivity contribution in [1.82, 2.24) is 9.88 Å². The number of aryl methyl sites for hydroxylation is 1. The van der Waals surface area contributed by atoms with E-state index in [0.717, 1.165) is 5.56 Å². The van der Waals surface area contributed by atoms with Crippen molar-refractivity contribution in [3.8, 4) is 0 Å². The molecule has 0 atom stereocenters. The summed E-state index contributed by atoms with van der Waals surface area (Å²) in [7, 11) is 1.53. The maximum atomic E-state index is 12.2. The van der Waals surface area contributed by atoms with Crippen LogP contribution < -0.4 is 5.32 Å². The summed E-state index contributed by atoms with van der Waals surface area (Å²) in [4.78, 5) is 39.5. The molecule has 1 aromatic heterocycles. The predicted molar refractivity (Wildman–Crippen MR) is 87.6 cm³/mol. The predicted octanol–water partition coefficient (Wildman–Crippen LogP) is 2.24. The maximum Gasteiger partial charge on any atom is 0.270 e. The first-order valence-electron chi connectivity index (χ1n) is 7.18. The van der Waals surface area contributed by atoms with E-state index in [4.69, 9.17) is 0 Å². The summed E-state index contributed by atoms with van der Waals surface area (Å²) in [5.41, 5.74) is 2.50. The van der Waals surface area contributed by atoms with Crippen LogP contribution in [0.5, 0.6) is 0 Å². The first-order valence-corrected chi connectivity index (χ1v) is 7.18. The first kappa shape index (κ1) is 16.5. The van der Waals surface area contributed by atoms with Gasteiger partial charge in [0, 0.05) is 24.5 Å². The third kappa shape index (κ3) is 4.29. The van der Waals surface area contributed by atoms with Crippen LogP contribution in [0.3, 0.4) is 0 Å². The zero-order valence-corrected chi connectivity index (χ0v) is 13.3. The van der Waals surface area contributed by atoms with Gasteiger partial charge in [0.2, 0.25) is 5.91 Å². The largest absolute Gasteiger partial charge is 0.356 e. The highest BCUT2D eigenvalue weighted by atomic mass is 16.2. The molecule has 0 aliphatic rings. The number of aromatic amines is 1. The molecule has 2 amide bonds. The van der Waals surface area contributed by atoms with E-state index in [1.807, 2.05) is 19.1 Å². The van der Waals surface area contributed by atoms with Gasteiger partial charge in [0.15, 0.2) is 5.78 Å². The summed E-state index contributed by atoms with van der Waals surface area (Å²) in [5, 5.41) is 2.73. The van der Waals surface area contributed by atoms with Crippen LogP contribution in [0.2, 0.25) is 0 Å². The number of Topliss-reactive ketones (excluding diaryl/α,β-unsaturated/α-hetero) is 1. The van der Waals surface area contributed by atoms with E-state index >= 15 is 0 Å². The Balaban J connectivity index is 1.95. The van der Waals surface area contributed by atoms with Crippen LogP contribution in [0.25, 0.3) is 0 Å². The molecule has 1 heterocycles. The molecular formula is C17H19N3O3. The van der Waals surface area contributed by atoms with Crippen molar-refractivity contribution in [2.45, 2.75) is 13.8 Å². The Labute approximate surface area is 134 Å². The molecule has 6 heteroatoms. The lowest BCUT2D eigenvalue weighted by Crippen LogP contribution is -2.35. The van der Waals surface area contributed by atoms with Crippen LogP contribution >= 0.6 is 0 Å². The molecular weight excluding hydrogens is 294 g/mol. The SMILES string of the molecule is CC(=O)c1c[nH]c(C(=O)N(C)CC(=O)Nc2ccc(C)cc2)c1. The third-order valence-electron chi connectivity index (χ3n) is 3.38. The van der Waals surface area contributed by atoms with Crippen LogP contribution in [0.1, 0.15) is 33.3 Å². The molecule has 2 N–H and O–H groups in total. The van der Waals surface area contributed by atoms with Crippen molar-refractivity contribution in [2.24, 2.45) is 0 Å². The van der Waals surface area contributed by atoms with E-state index in [1.165, 1.54) is 31.1 Å². The molecule has 0 aliphatic carbocycles. The van der Waals surface area contributed by atoms with E-state index in [2.05, 4.69) is 10.3 Å². The number of likely N-dealkylation sites (N-methyl/N-ethyl adjacent to an activating group) is 1. The van der Waals surface area contributed by atoms with E-state index in [9.17, 15) is 14.4 Å². The molecule has 0 bridgehead atoms. The van der Waals surface area contributed by atoms with Crippen LogP contribution in [-0.2, 0) is 4.79 Å². The summed E-state index contributed by atoms with van der Waals surface area (Å²) in [6, 6.07) is 8.89. The molecule has 0 radical (unpaired) electrons. The van der Waals surface area contributed by atoms with Gasteiger partial charge in [0.05, 0.1) is 6.54 Å². The van der Waals surface area contributed by atoms with Gasteiger partial charge >= 0.3 is 0 Å². The van der Waals surface area contributed by atoms with Crippen LogP contribution in [0, 0.1) is 6.92 Å². The molecule has 0 unspecified atom stereocenters. The van der Waals surface area contributed by atoms with Crippen LogP contribution in [-0.4, -0.2) is 41.1 Å². The number of carbonyl (C=O) groups excluding carboxylic acids is 3. The van der Waals surface area contributed by atoms with Crippen LogP contribution in [0.4, 0.5) is 5.69 Å². The summed E-state index contributed by atoms with van der Waals surface area (Å²) in [5.74, 6) is -0.764. The molecule has 0 spiro atoms. The lowest BCUT2D eigenvalue weighted by Gasteiger charge is -2.16. The van der Waals surface area contributed by atoms with E-state index < -0.39 is 0 Å². The van der Waals surface area contributed by atoms with Gasteiger partial charge in [0.25, 0.3) is 5.91 Å². The van der Waals surface area contributed by atoms with Crippen molar-refractivity contribution in [2.75, 3.05) is 18.9 Å². The van der Waals surface area contributed by atoms with Crippen molar-refractivity contribution < 1.29 is 14.4 Å². The molecule has 0 aliphatic heterocycles. The second-order valence-electron chi connectivity index (χ2n) is 5.43. The van der Waals surface area contributed by atoms with Gasteiger partial charge in [-0.15, -0.1) is 0 Å². The molecule has 2 aromatic rings. The summed E-state index contributed by atoms with van der Waals surface area (Å²) in [6.07, 6.45) is 1.48. The molecule has 2 rings (SSSR count). The van der Waals surface area contributed by atoms with Crippen LogP contribution in [0.15, 0.2) is 36.5 Å². The molecule has 0 fully saturated rings. The number of amides is 2. The van der Waals surface area contributed by atoms with Crippen molar-refractivity contribution >= 4 is 23.3 Å². The number of hydrogen-bond donors (Lipinski definition) is 2. The van der Waals surface area contributed by atoms with Gasteiger partial charge < -0.3 is 15.2 Å². The molecule has 6 nitrogen and oxygen atoms in total. The zero-order valence-electron chi connectivity index (χ0n) is 13.3. The Hall–Kier alpha value is -2.89. The number of anilines is 1. The topological polar surface area (TPSA) is 82.3 Å². The minimum atomic E-state index is -0.350. The first-order chi connectivity index (χ1) is 10.9. The fourth-order valence-electron chi connectivity index (χ4n) is 2.05. The third-order valence-corrected chi connectivity index (χ3v) is 3.38. The summed E-state index contributed by atoms with van der Waals surface area (Å²) in [6.45, 7) is 3.31. The number of carbonyl (C=O) groups is 3. The van der Waals surface area contributed by atoms with E-state index in [1.54, 1.807) is 12.1 Å². The number of rotatable bonds is 5. The summed E-state index contributed by atoms with van der Waals surface area (Å²) < 4.78 is 0. The molecule has 0 saturated heterocycles. The minimum absolute atomic E-state index is 0.0822. The fraction of sp³-hybridized carbons (Fsp3) is 0.235. The Kier molecular flexibility index (Phi) is 4.95. The van der Waals surface area contributed by atoms with Crippen molar-refractivity contribution in [3.05, 3.63) is 53.3 Å². The highest BCUT2D eigenvalue weighted by molar-refractivity contribution is 6.01. The fourth-order valence-corrected chi connectivity index (χ4v) is 2.05.